The van der Waals surface area contributed by atoms with Crippen LogP contribution >= 0.6 is 0 Å². The predicted molar refractivity (Wildman–Crippen MR) is 71.2 cm³/mol. The second-order valence-corrected chi connectivity index (χ2v) is 5.44. The summed E-state index contributed by atoms with van der Waals surface area (Å²) < 4.78 is 0. The van der Waals surface area contributed by atoms with Crippen LogP contribution in [0.2, 0.25) is 0 Å². The maximum Gasteiger partial charge on any atom is 0.0192 e. The first-order valence-corrected chi connectivity index (χ1v) is 6.85. The van der Waals surface area contributed by atoms with E-state index in [0.717, 1.165) is 12.0 Å². The maximum atomic E-state index is 3.43. The van der Waals surface area contributed by atoms with Gasteiger partial charge >= 0.3 is 0 Å². The number of nitrogens with one attached hydrogen (secondary N) is 1. The fraction of sp³-hybridized carbons (Fsp3) is 0.600. The van der Waals surface area contributed by atoms with E-state index < -0.39 is 0 Å². The molecule has 0 spiro atoms. The minimum Gasteiger partial charge on any atom is -0.316 e. The summed E-state index contributed by atoms with van der Waals surface area (Å²) in [6.45, 7) is 2.54. The summed E-state index contributed by atoms with van der Waals surface area (Å²) in [5.74, 6) is 0.798. The molecule has 3 unspecified atom stereocenters. The van der Waals surface area contributed by atoms with Crippen molar-refractivity contribution in [1.82, 2.24) is 10.2 Å². The van der Waals surface area contributed by atoms with Crippen LogP contribution in [-0.2, 0) is 0 Å². The molecule has 1 saturated heterocycles. The molecule has 1 aromatic carbocycles. The van der Waals surface area contributed by atoms with Gasteiger partial charge in [-0.3, -0.25) is 4.90 Å². The molecule has 2 nitrogen and oxygen atoms in total. The number of likely N-dealkylation sites (N-methyl/N-ethyl adjacent to an activating group) is 1. The van der Waals surface area contributed by atoms with Crippen LogP contribution in [0.1, 0.15) is 30.7 Å². The Kier molecular flexibility index (Phi) is 3.17. The van der Waals surface area contributed by atoms with E-state index in [2.05, 4.69) is 47.6 Å². The van der Waals surface area contributed by atoms with Gasteiger partial charge in [-0.1, -0.05) is 30.3 Å². The van der Waals surface area contributed by atoms with Gasteiger partial charge < -0.3 is 5.32 Å². The van der Waals surface area contributed by atoms with Crippen LogP contribution in [0, 0.1) is 0 Å². The Bertz CT molecular complexity index is 362. The van der Waals surface area contributed by atoms with Crippen molar-refractivity contribution in [3.8, 4) is 0 Å². The lowest BCUT2D eigenvalue weighted by molar-refractivity contribution is 0.184. The third kappa shape index (κ3) is 2.38. The molecule has 0 radical (unpaired) electrons. The van der Waals surface area contributed by atoms with Crippen LogP contribution < -0.4 is 5.32 Å². The van der Waals surface area contributed by atoms with Gasteiger partial charge in [0.05, 0.1) is 0 Å². The molecular weight excluding hydrogens is 208 g/mol. The summed E-state index contributed by atoms with van der Waals surface area (Å²) >= 11 is 0. The van der Waals surface area contributed by atoms with Gasteiger partial charge in [0.15, 0.2) is 0 Å². The standard InChI is InChI=1S/C15H22N2/c1-16-13-8-5-9-17(11-13)15-10-14(15)12-6-3-2-4-7-12/h2-4,6-7,13-16H,5,8-11H2,1H3. The van der Waals surface area contributed by atoms with Gasteiger partial charge in [-0.2, -0.15) is 0 Å². The number of nitrogens with zero attached hydrogens (tertiary/aromatic N) is 1. The molecule has 3 atom stereocenters. The van der Waals surface area contributed by atoms with E-state index in [-0.39, 0.29) is 0 Å². The first kappa shape index (κ1) is 11.2. The summed E-state index contributed by atoms with van der Waals surface area (Å²) in [5, 5.41) is 3.43. The number of rotatable bonds is 3. The van der Waals surface area contributed by atoms with Crippen molar-refractivity contribution in [3.05, 3.63) is 35.9 Å². The van der Waals surface area contributed by atoms with Gasteiger partial charge in [0, 0.05) is 24.5 Å². The maximum absolute atomic E-state index is 3.43. The van der Waals surface area contributed by atoms with Crippen LogP contribution in [0.4, 0.5) is 0 Å². The molecule has 0 amide bonds. The smallest absolute Gasteiger partial charge is 0.0192 e. The first-order chi connectivity index (χ1) is 8.38. The summed E-state index contributed by atoms with van der Waals surface area (Å²) in [4.78, 5) is 2.70. The Hall–Kier alpha value is -0.860. The quantitative estimate of drug-likeness (QED) is 0.856. The van der Waals surface area contributed by atoms with Crippen molar-refractivity contribution in [2.75, 3.05) is 20.1 Å². The highest BCUT2D eigenvalue weighted by molar-refractivity contribution is 5.28. The second kappa shape index (κ2) is 4.79. The molecule has 1 aliphatic heterocycles. The van der Waals surface area contributed by atoms with Crippen molar-refractivity contribution < 1.29 is 0 Å². The molecule has 2 fully saturated rings. The Balaban J connectivity index is 1.61. The Morgan fingerprint density at radius 1 is 1.24 bits per heavy atom. The second-order valence-electron chi connectivity index (χ2n) is 5.44. The van der Waals surface area contributed by atoms with Crippen LogP contribution in [0.25, 0.3) is 0 Å². The van der Waals surface area contributed by atoms with Crippen molar-refractivity contribution >= 4 is 0 Å². The number of benzene rings is 1. The van der Waals surface area contributed by atoms with Crippen LogP contribution in [0.5, 0.6) is 0 Å². The van der Waals surface area contributed by atoms with E-state index in [0.29, 0.717) is 6.04 Å². The molecule has 1 N–H and O–H groups in total. The summed E-state index contributed by atoms with van der Waals surface area (Å²) in [6, 6.07) is 12.5. The highest BCUT2D eigenvalue weighted by atomic mass is 15.2. The molecule has 17 heavy (non-hydrogen) atoms. The zero-order valence-corrected chi connectivity index (χ0v) is 10.6. The number of hydrogen-bond donors (Lipinski definition) is 1. The van der Waals surface area contributed by atoms with Gasteiger partial charge in [0.25, 0.3) is 0 Å². The van der Waals surface area contributed by atoms with Crippen molar-refractivity contribution in [2.45, 2.75) is 37.3 Å². The third-order valence-electron chi connectivity index (χ3n) is 4.31. The highest BCUT2D eigenvalue weighted by Gasteiger charge is 2.43. The number of hydrogen-bond acceptors (Lipinski definition) is 2. The predicted octanol–water partition coefficient (Wildman–Crippen LogP) is 2.23. The molecule has 0 aromatic heterocycles. The lowest BCUT2D eigenvalue weighted by Gasteiger charge is -2.33. The average Bonchev–Trinajstić information content (AvgIpc) is 3.20. The molecule has 1 saturated carbocycles. The molecule has 3 rings (SSSR count). The number of likely N-dealkylation sites (tertiary alicyclic amines) is 1. The van der Waals surface area contributed by atoms with E-state index in [1.165, 1.54) is 37.9 Å². The third-order valence-corrected chi connectivity index (χ3v) is 4.31. The summed E-state index contributed by atoms with van der Waals surface area (Å²) in [5.41, 5.74) is 1.53. The SMILES string of the molecule is CNC1CCCN(C2CC2c2ccccc2)C1. The van der Waals surface area contributed by atoms with E-state index in [1.807, 2.05) is 0 Å². The molecule has 2 heteroatoms. The zero-order chi connectivity index (χ0) is 11.7. The molecule has 1 heterocycles. The fourth-order valence-electron chi connectivity index (χ4n) is 3.19. The van der Waals surface area contributed by atoms with Gasteiger partial charge in [-0.15, -0.1) is 0 Å². The zero-order valence-electron chi connectivity index (χ0n) is 10.6. The fourth-order valence-corrected chi connectivity index (χ4v) is 3.19. The van der Waals surface area contributed by atoms with Crippen LogP contribution in [0.15, 0.2) is 30.3 Å². The summed E-state index contributed by atoms with van der Waals surface area (Å²) in [6.07, 6.45) is 4.06. The lowest BCUT2D eigenvalue weighted by atomic mass is 10.0. The van der Waals surface area contributed by atoms with E-state index in [9.17, 15) is 0 Å². The lowest BCUT2D eigenvalue weighted by Crippen LogP contribution is -2.45. The number of piperidine rings is 1. The van der Waals surface area contributed by atoms with Crippen LogP contribution in [-0.4, -0.2) is 37.1 Å². The van der Waals surface area contributed by atoms with E-state index in [4.69, 9.17) is 0 Å². The molecule has 0 bridgehead atoms. The molecule has 1 aliphatic carbocycles. The average molecular weight is 230 g/mol. The molecule has 2 aliphatic rings. The Morgan fingerprint density at radius 3 is 2.82 bits per heavy atom. The topological polar surface area (TPSA) is 15.3 Å². The van der Waals surface area contributed by atoms with E-state index >= 15 is 0 Å². The first-order valence-electron chi connectivity index (χ1n) is 6.85. The van der Waals surface area contributed by atoms with Gasteiger partial charge in [-0.05, 0) is 38.4 Å². The van der Waals surface area contributed by atoms with Gasteiger partial charge in [-0.25, -0.2) is 0 Å². The minimum atomic E-state index is 0.709. The van der Waals surface area contributed by atoms with E-state index in [1.54, 1.807) is 0 Å². The van der Waals surface area contributed by atoms with Gasteiger partial charge in [0.1, 0.15) is 0 Å². The Labute approximate surface area is 104 Å². The van der Waals surface area contributed by atoms with Crippen LogP contribution in [0.3, 0.4) is 0 Å². The normalized spacial score (nSPS) is 33.6. The molecular formula is C15H22N2. The van der Waals surface area contributed by atoms with Crippen molar-refractivity contribution in [3.63, 3.8) is 0 Å². The highest BCUT2D eigenvalue weighted by Crippen LogP contribution is 2.45. The van der Waals surface area contributed by atoms with Gasteiger partial charge in [0.2, 0.25) is 0 Å². The van der Waals surface area contributed by atoms with Crippen molar-refractivity contribution in [1.29, 1.82) is 0 Å². The molecule has 92 valence electrons. The Morgan fingerprint density at radius 2 is 2.06 bits per heavy atom. The monoisotopic (exact) mass is 230 g/mol. The van der Waals surface area contributed by atoms with Crippen molar-refractivity contribution in [2.24, 2.45) is 0 Å². The largest absolute Gasteiger partial charge is 0.316 e. The minimum absolute atomic E-state index is 0.709. The summed E-state index contributed by atoms with van der Waals surface area (Å²) in [7, 11) is 2.09. The molecule has 1 aromatic rings.